The molecule has 1 heterocycles. The van der Waals surface area contributed by atoms with Crippen molar-refractivity contribution in [2.24, 2.45) is 5.73 Å². The van der Waals surface area contributed by atoms with Gasteiger partial charge in [0.25, 0.3) is 0 Å². The third-order valence-corrected chi connectivity index (χ3v) is 3.61. The first-order chi connectivity index (χ1) is 9.54. The van der Waals surface area contributed by atoms with Gasteiger partial charge in [0.1, 0.15) is 17.5 Å². The average Bonchev–Trinajstić information content (AvgIpc) is 2.69. The van der Waals surface area contributed by atoms with Gasteiger partial charge in [0.05, 0.1) is 0 Å². The molecule has 4 heteroatoms. The third-order valence-electron chi connectivity index (χ3n) is 3.61. The van der Waals surface area contributed by atoms with E-state index in [9.17, 15) is 4.79 Å². The Morgan fingerprint density at radius 1 is 1.05 bits per heavy atom. The number of anilines is 1. The van der Waals surface area contributed by atoms with Crippen molar-refractivity contribution in [3.8, 4) is 11.5 Å². The molecule has 1 unspecified atom stereocenters. The van der Waals surface area contributed by atoms with Crippen LogP contribution in [0.2, 0.25) is 0 Å². The van der Waals surface area contributed by atoms with Crippen LogP contribution in [0.3, 0.4) is 0 Å². The monoisotopic (exact) mass is 268 g/mol. The molecule has 2 aromatic carbocycles. The number of benzene rings is 2. The van der Waals surface area contributed by atoms with Gasteiger partial charge in [-0.15, -0.1) is 0 Å². The highest BCUT2D eigenvalue weighted by molar-refractivity contribution is 6.02. The van der Waals surface area contributed by atoms with E-state index in [0.29, 0.717) is 5.75 Å². The van der Waals surface area contributed by atoms with E-state index in [0.717, 1.165) is 17.0 Å². The van der Waals surface area contributed by atoms with Crippen LogP contribution < -0.4 is 15.8 Å². The van der Waals surface area contributed by atoms with E-state index in [-0.39, 0.29) is 5.91 Å². The lowest BCUT2D eigenvalue weighted by Crippen LogP contribution is -2.19. The van der Waals surface area contributed by atoms with E-state index >= 15 is 0 Å². The van der Waals surface area contributed by atoms with Gasteiger partial charge in [0, 0.05) is 17.3 Å². The third kappa shape index (κ3) is 2.14. The average molecular weight is 268 g/mol. The predicted octanol–water partition coefficient (Wildman–Crippen LogP) is 3.05. The first kappa shape index (κ1) is 12.7. The second-order valence-electron chi connectivity index (χ2n) is 5.06. The molecule has 4 nitrogen and oxygen atoms in total. The standard InChI is InChI=1S/C16H16N2O2/c1-9-3-4-11(7-10(9)2)20-12-5-6-13-14(8-12)18-16(19)15(13)17/h3-8,15H,17H2,1-2H3,(H,18,19). The van der Waals surface area contributed by atoms with Crippen molar-refractivity contribution in [2.75, 3.05) is 5.32 Å². The molecule has 0 fully saturated rings. The van der Waals surface area contributed by atoms with Gasteiger partial charge in [-0.2, -0.15) is 0 Å². The summed E-state index contributed by atoms with van der Waals surface area (Å²) in [4.78, 5) is 11.5. The second-order valence-corrected chi connectivity index (χ2v) is 5.06. The van der Waals surface area contributed by atoms with E-state index in [1.165, 1.54) is 11.1 Å². The van der Waals surface area contributed by atoms with Crippen molar-refractivity contribution in [2.45, 2.75) is 19.9 Å². The Morgan fingerprint density at radius 3 is 2.50 bits per heavy atom. The topological polar surface area (TPSA) is 64.3 Å². The van der Waals surface area contributed by atoms with E-state index in [2.05, 4.69) is 12.2 Å². The molecule has 0 aliphatic carbocycles. The Morgan fingerprint density at radius 2 is 1.75 bits per heavy atom. The molecule has 0 aromatic heterocycles. The molecule has 0 radical (unpaired) electrons. The minimum Gasteiger partial charge on any atom is -0.457 e. The molecule has 1 aliphatic rings. The summed E-state index contributed by atoms with van der Waals surface area (Å²) in [6, 6.07) is 10.8. The molecule has 0 saturated heterocycles. The first-order valence-corrected chi connectivity index (χ1v) is 6.50. The van der Waals surface area contributed by atoms with Crippen molar-refractivity contribution in [1.82, 2.24) is 0 Å². The van der Waals surface area contributed by atoms with Gasteiger partial charge < -0.3 is 15.8 Å². The number of carbonyl (C=O) groups excluding carboxylic acids is 1. The second kappa shape index (κ2) is 4.65. The number of nitrogens with two attached hydrogens (primary N) is 1. The smallest absolute Gasteiger partial charge is 0.245 e. The Balaban J connectivity index is 1.87. The van der Waals surface area contributed by atoms with Crippen LogP contribution in [-0.4, -0.2) is 5.91 Å². The Hall–Kier alpha value is -2.33. The van der Waals surface area contributed by atoms with Crippen LogP contribution in [0.15, 0.2) is 36.4 Å². The number of fused-ring (bicyclic) bond motifs is 1. The summed E-state index contributed by atoms with van der Waals surface area (Å²) in [7, 11) is 0. The van der Waals surface area contributed by atoms with Gasteiger partial charge in [-0.1, -0.05) is 12.1 Å². The first-order valence-electron chi connectivity index (χ1n) is 6.50. The lowest BCUT2D eigenvalue weighted by molar-refractivity contribution is -0.116. The van der Waals surface area contributed by atoms with Crippen LogP contribution in [-0.2, 0) is 4.79 Å². The number of hydrogen-bond acceptors (Lipinski definition) is 3. The summed E-state index contributed by atoms with van der Waals surface area (Å²) in [6.07, 6.45) is 0. The van der Waals surface area contributed by atoms with Crippen molar-refractivity contribution in [3.63, 3.8) is 0 Å². The zero-order valence-corrected chi connectivity index (χ0v) is 11.4. The van der Waals surface area contributed by atoms with Crippen LogP contribution in [0, 0.1) is 13.8 Å². The Labute approximate surface area is 117 Å². The summed E-state index contributed by atoms with van der Waals surface area (Å²) >= 11 is 0. The fraction of sp³-hybridized carbons (Fsp3) is 0.188. The quantitative estimate of drug-likeness (QED) is 0.879. The van der Waals surface area contributed by atoms with Crippen LogP contribution in [0.4, 0.5) is 5.69 Å². The molecular formula is C16H16N2O2. The highest BCUT2D eigenvalue weighted by Gasteiger charge is 2.27. The Kier molecular flexibility index (Phi) is 2.95. The largest absolute Gasteiger partial charge is 0.457 e. The molecule has 3 rings (SSSR count). The normalized spacial score (nSPS) is 16.8. The van der Waals surface area contributed by atoms with Gasteiger partial charge in [-0.05, 0) is 43.2 Å². The Bertz CT molecular complexity index is 695. The fourth-order valence-corrected chi connectivity index (χ4v) is 2.24. The molecule has 0 spiro atoms. The molecule has 0 saturated carbocycles. The molecule has 1 atom stereocenters. The molecular weight excluding hydrogens is 252 g/mol. The molecule has 0 bridgehead atoms. The lowest BCUT2D eigenvalue weighted by Gasteiger charge is -2.09. The van der Waals surface area contributed by atoms with E-state index in [4.69, 9.17) is 10.5 Å². The molecule has 1 amide bonds. The summed E-state index contributed by atoms with van der Waals surface area (Å²) in [5, 5.41) is 2.75. The number of rotatable bonds is 2. The van der Waals surface area contributed by atoms with Gasteiger partial charge in [0.15, 0.2) is 0 Å². The molecule has 3 N–H and O–H groups in total. The highest BCUT2D eigenvalue weighted by Crippen LogP contribution is 2.34. The minimum absolute atomic E-state index is 0.177. The predicted molar refractivity (Wildman–Crippen MR) is 78.0 cm³/mol. The minimum atomic E-state index is -0.583. The maximum Gasteiger partial charge on any atom is 0.245 e. The van der Waals surface area contributed by atoms with Gasteiger partial charge >= 0.3 is 0 Å². The summed E-state index contributed by atoms with van der Waals surface area (Å²) in [6.45, 7) is 4.11. The van der Waals surface area contributed by atoms with Gasteiger partial charge in [-0.3, -0.25) is 4.79 Å². The fourth-order valence-electron chi connectivity index (χ4n) is 2.24. The van der Waals surface area contributed by atoms with Crippen LogP contribution >= 0.6 is 0 Å². The van der Waals surface area contributed by atoms with Crippen molar-refractivity contribution >= 4 is 11.6 Å². The number of amides is 1. The number of nitrogens with one attached hydrogen (secondary N) is 1. The van der Waals surface area contributed by atoms with E-state index < -0.39 is 6.04 Å². The van der Waals surface area contributed by atoms with Crippen molar-refractivity contribution in [1.29, 1.82) is 0 Å². The highest BCUT2D eigenvalue weighted by atomic mass is 16.5. The summed E-state index contributed by atoms with van der Waals surface area (Å²) in [5.74, 6) is 1.28. The zero-order chi connectivity index (χ0) is 14.3. The zero-order valence-electron chi connectivity index (χ0n) is 11.4. The van der Waals surface area contributed by atoms with Crippen LogP contribution in [0.25, 0.3) is 0 Å². The van der Waals surface area contributed by atoms with Crippen molar-refractivity contribution in [3.05, 3.63) is 53.1 Å². The lowest BCUT2D eigenvalue weighted by atomic mass is 10.1. The van der Waals surface area contributed by atoms with Crippen molar-refractivity contribution < 1.29 is 9.53 Å². The van der Waals surface area contributed by atoms with Gasteiger partial charge in [0.2, 0.25) is 5.91 Å². The number of ether oxygens (including phenoxy) is 1. The van der Waals surface area contributed by atoms with Crippen LogP contribution in [0.1, 0.15) is 22.7 Å². The number of carbonyl (C=O) groups is 1. The maximum absolute atomic E-state index is 11.5. The summed E-state index contributed by atoms with van der Waals surface area (Å²) < 4.78 is 5.82. The molecule has 20 heavy (non-hydrogen) atoms. The molecule has 2 aromatic rings. The molecule has 1 aliphatic heterocycles. The van der Waals surface area contributed by atoms with Crippen LogP contribution in [0.5, 0.6) is 11.5 Å². The van der Waals surface area contributed by atoms with E-state index in [1.54, 1.807) is 6.07 Å². The van der Waals surface area contributed by atoms with E-state index in [1.807, 2.05) is 37.3 Å². The summed E-state index contributed by atoms with van der Waals surface area (Å²) in [5.41, 5.74) is 9.72. The van der Waals surface area contributed by atoms with Gasteiger partial charge in [-0.25, -0.2) is 0 Å². The maximum atomic E-state index is 11.5. The molecule has 102 valence electrons. The number of aryl methyl sites for hydroxylation is 2. The number of hydrogen-bond donors (Lipinski definition) is 2. The SMILES string of the molecule is Cc1ccc(Oc2ccc3c(c2)NC(=O)C3N)cc1C.